The molecule has 7 nitrogen and oxygen atoms in total. The highest BCUT2D eigenvalue weighted by Gasteiger charge is 2.33. The minimum absolute atomic E-state index is 0.00437. The summed E-state index contributed by atoms with van der Waals surface area (Å²) in [5, 5.41) is 2.93. The molecule has 2 heterocycles. The van der Waals surface area contributed by atoms with Crippen LogP contribution in [0, 0.1) is 0 Å². The van der Waals surface area contributed by atoms with Gasteiger partial charge in [0.25, 0.3) is 5.91 Å². The van der Waals surface area contributed by atoms with Crippen molar-refractivity contribution in [3.8, 4) is 0 Å². The average molecular weight is 423 g/mol. The molecule has 1 amide bonds. The number of hydrogen-bond donors (Lipinski definition) is 0. The van der Waals surface area contributed by atoms with Gasteiger partial charge in [0.2, 0.25) is 0 Å². The van der Waals surface area contributed by atoms with Crippen molar-refractivity contribution in [1.29, 1.82) is 0 Å². The summed E-state index contributed by atoms with van der Waals surface area (Å²) >= 11 is 0. The summed E-state index contributed by atoms with van der Waals surface area (Å²) in [6, 6.07) is 11.1. The molecule has 1 aliphatic rings. The van der Waals surface area contributed by atoms with Gasteiger partial charge in [-0.25, -0.2) is 4.79 Å². The zero-order valence-corrected chi connectivity index (χ0v) is 17.5. The zero-order valence-electron chi connectivity index (χ0n) is 17.5. The van der Waals surface area contributed by atoms with Gasteiger partial charge < -0.3 is 18.8 Å². The van der Waals surface area contributed by atoms with E-state index in [1.165, 1.54) is 4.90 Å². The molecule has 0 radical (unpaired) electrons. The number of benzene rings is 2. The molecule has 1 saturated heterocycles. The molecule has 3 aromatic rings. The van der Waals surface area contributed by atoms with E-state index in [1.807, 2.05) is 36.4 Å². The summed E-state index contributed by atoms with van der Waals surface area (Å²) < 4.78 is 15.9. The van der Waals surface area contributed by atoms with E-state index in [9.17, 15) is 14.4 Å². The maximum Gasteiger partial charge on any atom is 0.328 e. The van der Waals surface area contributed by atoms with E-state index in [2.05, 4.69) is 0 Å². The predicted molar refractivity (Wildman–Crippen MR) is 114 cm³/mol. The fourth-order valence-corrected chi connectivity index (χ4v) is 4.15. The molecule has 0 N–H and O–H groups in total. The maximum atomic E-state index is 12.6. The van der Waals surface area contributed by atoms with E-state index in [0.29, 0.717) is 24.1 Å². The molecule has 0 aliphatic carbocycles. The van der Waals surface area contributed by atoms with Gasteiger partial charge in [-0.05, 0) is 43.0 Å². The third-order valence-corrected chi connectivity index (χ3v) is 5.61. The van der Waals surface area contributed by atoms with Crippen LogP contribution in [-0.2, 0) is 30.3 Å². The van der Waals surface area contributed by atoms with Gasteiger partial charge in [-0.3, -0.25) is 9.59 Å². The maximum absolute atomic E-state index is 12.6. The van der Waals surface area contributed by atoms with Gasteiger partial charge in [0.15, 0.2) is 6.61 Å². The quantitative estimate of drug-likeness (QED) is 0.563. The minimum atomic E-state index is -0.607. The van der Waals surface area contributed by atoms with Crippen LogP contribution in [0.1, 0.15) is 31.7 Å². The smallest absolute Gasteiger partial charge is 0.328 e. The van der Waals surface area contributed by atoms with E-state index in [-0.39, 0.29) is 18.9 Å². The lowest BCUT2D eigenvalue weighted by Gasteiger charge is -2.33. The van der Waals surface area contributed by atoms with Gasteiger partial charge >= 0.3 is 11.9 Å². The molecule has 0 saturated carbocycles. The first-order valence-corrected chi connectivity index (χ1v) is 10.6. The summed E-state index contributed by atoms with van der Waals surface area (Å²) in [7, 11) is 0. The Balaban J connectivity index is 1.42. The molecular weight excluding hydrogens is 398 g/mol. The molecule has 4 rings (SSSR count). The monoisotopic (exact) mass is 423 g/mol. The lowest BCUT2D eigenvalue weighted by molar-refractivity contribution is -0.160. The van der Waals surface area contributed by atoms with E-state index in [1.54, 1.807) is 13.2 Å². The van der Waals surface area contributed by atoms with Crippen LogP contribution in [0.25, 0.3) is 21.7 Å². The molecule has 0 bridgehead atoms. The third-order valence-electron chi connectivity index (χ3n) is 5.61. The van der Waals surface area contributed by atoms with Crippen LogP contribution in [0.3, 0.4) is 0 Å². The fourth-order valence-electron chi connectivity index (χ4n) is 4.15. The molecule has 2 aromatic carbocycles. The van der Waals surface area contributed by atoms with Crippen LogP contribution in [-0.4, -0.2) is 48.5 Å². The Hall–Kier alpha value is -3.35. The van der Waals surface area contributed by atoms with Gasteiger partial charge in [0.1, 0.15) is 11.6 Å². The fraction of sp³-hybridized carbons (Fsp3) is 0.375. The van der Waals surface area contributed by atoms with E-state index < -0.39 is 24.6 Å². The third kappa shape index (κ3) is 4.40. The average Bonchev–Trinajstić information content (AvgIpc) is 3.20. The summed E-state index contributed by atoms with van der Waals surface area (Å²) in [6.07, 6.45) is 3.78. The number of carbonyl (C=O) groups excluding carboxylic acids is 3. The molecule has 1 aromatic heterocycles. The van der Waals surface area contributed by atoms with Crippen molar-refractivity contribution in [3.63, 3.8) is 0 Å². The van der Waals surface area contributed by atoms with Crippen molar-refractivity contribution in [2.24, 2.45) is 0 Å². The summed E-state index contributed by atoms with van der Waals surface area (Å²) in [5.74, 6) is -1.30. The Morgan fingerprint density at radius 1 is 1.10 bits per heavy atom. The molecular formula is C24H25NO6. The lowest BCUT2D eigenvalue weighted by atomic mass is 10.0. The van der Waals surface area contributed by atoms with Crippen LogP contribution in [0.4, 0.5) is 0 Å². The Morgan fingerprint density at radius 2 is 1.94 bits per heavy atom. The molecule has 31 heavy (non-hydrogen) atoms. The molecule has 162 valence electrons. The van der Waals surface area contributed by atoms with Crippen molar-refractivity contribution in [1.82, 2.24) is 4.90 Å². The Bertz CT molecular complexity index is 1120. The van der Waals surface area contributed by atoms with Crippen molar-refractivity contribution in [2.45, 2.75) is 38.6 Å². The van der Waals surface area contributed by atoms with E-state index in [4.69, 9.17) is 13.9 Å². The van der Waals surface area contributed by atoms with E-state index in [0.717, 1.165) is 29.0 Å². The first kappa shape index (κ1) is 20.9. The van der Waals surface area contributed by atoms with Crippen molar-refractivity contribution in [2.75, 3.05) is 19.8 Å². The molecule has 0 spiro atoms. The number of esters is 2. The standard InChI is InChI=1S/C24H25NO6/c1-2-29-24(28)19-9-5-6-12-25(19)21(26)15-31-22(27)13-17-14-30-20-11-10-16-7-3-4-8-18(16)23(17)20/h3-4,7-8,10-11,14,19H,2,5-6,9,12-13,15H2,1H3/t19-/m0/s1. The second-order valence-corrected chi connectivity index (χ2v) is 7.61. The number of carbonyl (C=O) groups is 3. The molecule has 7 heteroatoms. The van der Waals surface area contributed by atoms with Crippen LogP contribution >= 0.6 is 0 Å². The van der Waals surface area contributed by atoms with Crippen molar-refractivity contribution < 1.29 is 28.3 Å². The van der Waals surface area contributed by atoms with Crippen LogP contribution in [0.2, 0.25) is 0 Å². The van der Waals surface area contributed by atoms with Crippen LogP contribution < -0.4 is 0 Å². The number of nitrogens with zero attached hydrogens (tertiary/aromatic N) is 1. The van der Waals surface area contributed by atoms with Crippen LogP contribution in [0.15, 0.2) is 47.1 Å². The van der Waals surface area contributed by atoms with Crippen molar-refractivity contribution in [3.05, 3.63) is 48.2 Å². The largest absolute Gasteiger partial charge is 0.464 e. The van der Waals surface area contributed by atoms with Gasteiger partial charge in [-0.15, -0.1) is 0 Å². The van der Waals surface area contributed by atoms with E-state index >= 15 is 0 Å². The minimum Gasteiger partial charge on any atom is -0.464 e. The molecule has 0 unspecified atom stereocenters. The summed E-state index contributed by atoms with van der Waals surface area (Å²) in [4.78, 5) is 38.7. The van der Waals surface area contributed by atoms with Gasteiger partial charge in [0, 0.05) is 17.5 Å². The second kappa shape index (κ2) is 9.20. The molecule has 1 atom stereocenters. The molecule has 1 aliphatic heterocycles. The topological polar surface area (TPSA) is 86.0 Å². The van der Waals surface area contributed by atoms with Crippen molar-refractivity contribution >= 4 is 39.6 Å². The predicted octanol–water partition coefficient (Wildman–Crippen LogP) is 3.62. The van der Waals surface area contributed by atoms with Gasteiger partial charge in [-0.1, -0.05) is 30.3 Å². The Morgan fingerprint density at radius 3 is 2.77 bits per heavy atom. The zero-order chi connectivity index (χ0) is 21.8. The highest BCUT2D eigenvalue weighted by atomic mass is 16.5. The number of rotatable bonds is 6. The van der Waals surface area contributed by atoms with Gasteiger partial charge in [0.05, 0.1) is 19.3 Å². The number of likely N-dealkylation sites (tertiary alicyclic amines) is 1. The second-order valence-electron chi connectivity index (χ2n) is 7.61. The first-order chi connectivity index (χ1) is 15.1. The summed E-state index contributed by atoms with van der Waals surface area (Å²) in [5.41, 5.74) is 1.41. The Kier molecular flexibility index (Phi) is 6.21. The number of furan rings is 1. The highest BCUT2D eigenvalue weighted by molar-refractivity contribution is 6.08. The Labute approximate surface area is 179 Å². The first-order valence-electron chi connectivity index (χ1n) is 10.6. The number of ether oxygens (including phenoxy) is 2. The highest BCUT2D eigenvalue weighted by Crippen LogP contribution is 2.30. The van der Waals surface area contributed by atoms with Crippen LogP contribution in [0.5, 0.6) is 0 Å². The number of amides is 1. The number of hydrogen-bond acceptors (Lipinski definition) is 6. The number of piperidine rings is 1. The summed E-state index contributed by atoms with van der Waals surface area (Å²) in [6.45, 7) is 2.06. The normalized spacial score (nSPS) is 16.4. The molecule has 1 fully saturated rings. The van der Waals surface area contributed by atoms with Gasteiger partial charge in [-0.2, -0.15) is 0 Å². The number of fused-ring (bicyclic) bond motifs is 3. The SMILES string of the molecule is CCOC(=O)[C@@H]1CCCCN1C(=O)COC(=O)Cc1coc2ccc3ccccc3c12. The lowest BCUT2D eigenvalue weighted by Crippen LogP contribution is -2.50.